The Morgan fingerprint density at radius 2 is 2.67 bits per heavy atom. The van der Waals surface area contributed by atoms with Crippen molar-refractivity contribution < 1.29 is 14.3 Å². The SMILES string of the molecule is COC(=O)Cc1csc(N2CCOC(C#N)C2)n1. The lowest BCUT2D eigenvalue weighted by Crippen LogP contribution is -2.41. The number of esters is 1. The largest absolute Gasteiger partial charge is 0.469 e. The maximum absolute atomic E-state index is 11.1. The lowest BCUT2D eigenvalue weighted by atomic mass is 10.3. The van der Waals surface area contributed by atoms with Gasteiger partial charge >= 0.3 is 5.97 Å². The second-order valence-electron chi connectivity index (χ2n) is 3.81. The first-order valence-corrected chi connectivity index (χ1v) is 6.38. The molecule has 1 unspecified atom stereocenters. The standard InChI is InChI=1S/C11H13N3O3S/c1-16-10(15)4-8-7-18-11(13-8)14-2-3-17-9(5-12)6-14/h7,9H,2-4,6H2,1H3. The number of methoxy groups -OCH3 is 1. The van der Waals surface area contributed by atoms with Gasteiger partial charge in [0, 0.05) is 11.9 Å². The summed E-state index contributed by atoms with van der Waals surface area (Å²) in [6.07, 6.45) is -0.231. The van der Waals surface area contributed by atoms with Crippen molar-refractivity contribution in [1.29, 1.82) is 5.26 Å². The number of hydrogen-bond donors (Lipinski definition) is 0. The first-order valence-electron chi connectivity index (χ1n) is 5.50. The lowest BCUT2D eigenvalue weighted by Gasteiger charge is -2.29. The van der Waals surface area contributed by atoms with E-state index >= 15 is 0 Å². The lowest BCUT2D eigenvalue weighted by molar-refractivity contribution is -0.139. The molecule has 1 atom stereocenters. The van der Waals surface area contributed by atoms with Crippen LogP contribution in [0.4, 0.5) is 5.13 Å². The maximum Gasteiger partial charge on any atom is 0.311 e. The smallest absolute Gasteiger partial charge is 0.311 e. The molecule has 0 saturated carbocycles. The summed E-state index contributed by atoms with van der Waals surface area (Å²) < 4.78 is 9.86. The second-order valence-corrected chi connectivity index (χ2v) is 4.65. The molecule has 6 nitrogen and oxygen atoms in total. The minimum atomic E-state index is -0.410. The van der Waals surface area contributed by atoms with E-state index in [1.807, 2.05) is 10.3 Å². The molecule has 1 aromatic rings. The highest BCUT2D eigenvalue weighted by molar-refractivity contribution is 7.13. The zero-order valence-corrected chi connectivity index (χ0v) is 10.8. The summed E-state index contributed by atoms with van der Waals surface area (Å²) in [5.41, 5.74) is 0.696. The van der Waals surface area contributed by atoms with Crippen LogP contribution < -0.4 is 4.90 Å². The van der Waals surface area contributed by atoms with Crippen molar-refractivity contribution in [1.82, 2.24) is 4.98 Å². The molecule has 96 valence electrons. The van der Waals surface area contributed by atoms with Gasteiger partial charge in [0.1, 0.15) is 0 Å². The molecule has 7 heteroatoms. The van der Waals surface area contributed by atoms with Gasteiger partial charge in [-0.3, -0.25) is 4.79 Å². The number of aromatic nitrogens is 1. The average molecular weight is 267 g/mol. The van der Waals surface area contributed by atoms with Gasteiger partial charge in [-0.15, -0.1) is 11.3 Å². The summed E-state index contributed by atoms with van der Waals surface area (Å²) in [4.78, 5) is 17.5. The number of carbonyl (C=O) groups excluding carboxylic acids is 1. The zero-order chi connectivity index (χ0) is 13.0. The van der Waals surface area contributed by atoms with Crippen LogP contribution in [0.1, 0.15) is 5.69 Å². The topological polar surface area (TPSA) is 75.4 Å². The average Bonchev–Trinajstić information content (AvgIpc) is 2.87. The number of thiazole rings is 1. The quantitative estimate of drug-likeness (QED) is 0.746. The summed E-state index contributed by atoms with van der Waals surface area (Å²) in [5.74, 6) is -0.302. The van der Waals surface area contributed by atoms with Crippen molar-refractivity contribution >= 4 is 22.4 Å². The van der Waals surface area contributed by atoms with Crippen molar-refractivity contribution in [2.75, 3.05) is 31.7 Å². The molecule has 1 aliphatic rings. The number of nitrogens with zero attached hydrogens (tertiary/aromatic N) is 3. The van der Waals surface area contributed by atoms with Gasteiger partial charge < -0.3 is 14.4 Å². The molecular formula is C11H13N3O3S. The van der Waals surface area contributed by atoms with E-state index in [2.05, 4.69) is 15.8 Å². The second kappa shape index (κ2) is 5.80. The molecule has 1 fully saturated rings. The third-order valence-corrected chi connectivity index (χ3v) is 3.52. The van der Waals surface area contributed by atoms with E-state index in [0.717, 1.165) is 5.13 Å². The summed E-state index contributed by atoms with van der Waals surface area (Å²) in [6.45, 7) is 1.75. The van der Waals surface area contributed by atoms with Crippen LogP contribution in [0.15, 0.2) is 5.38 Å². The first-order chi connectivity index (χ1) is 8.72. The fourth-order valence-electron chi connectivity index (χ4n) is 1.64. The van der Waals surface area contributed by atoms with Crippen LogP contribution in [0.5, 0.6) is 0 Å². The molecule has 2 heterocycles. The zero-order valence-electron chi connectivity index (χ0n) is 9.96. The van der Waals surface area contributed by atoms with E-state index in [9.17, 15) is 4.79 Å². The van der Waals surface area contributed by atoms with Gasteiger partial charge in [-0.05, 0) is 0 Å². The van der Waals surface area contributed by atoms with Gasteiger partial charge in [0.15, 0.2) is 11.2 Å². The van der Waals surface area contributed by atoms with Crippen LogP contribution in [-0.4, -0.2) is 43.9 Å². The van der Waals surface area contributed by atoms with Crippen LogP contribution in [0.25, 0.3) is 0 Å². The Bertz CT molecular complexity index is 468. The highest BCUT2D eigenvalue weighted by atomic mass is 32.1. The van der Waals surface area contributed by atoms with Gasteiger partial charge in [0.2, 0.25) is 0 Å². The van der Waals surface area contributed by atoms with Gasteiger partial charge in [-0.2, -0.15) is 5.26 Å². The molecule has 0 radical (unpaired) electrons. The number of hydrogen-bond acceptors (Lipinski definition) is 7. The van der Waals surface area contributed by atoms with Crippen molar-refractivity contribution in [3.8, 4) is 6.07 Å². The van der Waals surface area contributed by atoms with Crippen LogP contribution in [0, 0.1) is 11.3 Å². The number of anilines is 1. The number of carbonyl (C=O) groups is 1. The van der Waals surface area contributed by atoms with Crippen molar-refractivity contribution in [2.45, 2.75) is 12.5 Å². The Morgan fingerprint density at radius 1 is 1.83 bits per heavy atom. The van der Waals surface area contributed by atoms with Crippen molar-refractivity contribution in [3.05, 3.63) is 11.1 Å². The van der Waals surface area contributed by atoms with Crippen molar-refractivity contribution in [3.63, 3.8) is 0 Å². The molecule has 2 rings (SSSR count). The Balaban J connectivity index is 2.01. The minimum absolute atomic E-state index is 0.180. The molecule has 18 heavy (non-hydrogen) atoms. The van der Waals surface area contributed by atoms with Crippen molar-refractivity contribution in [2.24, 2.45) is 0 Å². The van der Waals surface area contributed by atoms with Crippen LogP contribution in [0.3, 0.4) is 0 Å². The number of ether oxygens (including phenoxy) is 2. The molecule has 1 aliphatic heterocycles. The monoisotopic (exact) mass is 267 g/mol. The first kappa shape index (κ1) is 12.8. The van der Waals surface area contributed by atoms with Crippen LogP contribution >= 0.6 is 11.3 Å². The van der Waals surface area contributed by atoms with Gasteiger partial charge in [-0.1, -0.05) is 0 Å². The molecule has 1 aromatic heterocycles. The van der Waals surface area contributed by atoms with E-state index in [1.165, 1.54) is 18.4 Å². The van der Waals surface area contributed by atoms with E-state index in [1.54, 1.807) is 0 Å². The van der Waals surface area contributed by atoms with Gasteiger partial charge in [0.25, 0.3) is 0 Å². The summed E-state index contributed by atoms with van der Waals surface area (Å²) >= 11 is 1.46. The molecule has 0 aliphatic carbocycles. The number of rotatable bonds is 3. The summed E-state index contributed by atoms with van der Waals surface area (Å²) in [5, 5.41) is 11.5. The fraction of sp³-hybridized carbons (Fsp3) is 0.545. The minimum Gasteiger partial charge on any atom is -0.469 e. The van der Waals surface area contributed by atoms with Gasteiger partial charge in [-0.25, -0.2) is 4.98 Å². The van der Waals surface area contributed by atoms with E-state index in [-0.39, 0.29) is 12.4 Å². The Hall–Kier alpha value is -1.65. The molecule has 0 spiro atoms. The molecule has 0 bridgehead atoms. The van der Waals surface area contributed by atoms with Gasteiger partial charge in [0.05, 0.1) is 38.4 Å². The molecule has 0 aromatic carbocycles. The molecule has 1 saturated heterocycles. The Morgan fingerprint density at radius 3 is 3.39 bits per heavy atom. The molecule has 0 amide bonds. The summed E-state index contributed by atoms with van der Waals surface area (Å²) in [6, 6.07) is 2.09. The Kier molecular flexibility index (Phi) is 4.12. The van der Waals surface area contributed by atoms with E-state index in [0.29, 0.717) is 25.4 Å². The Labute approximate surface area is 109 Å². The summed E-state index contributed by atoms with van der Waals surface area (Å²) in [7, 11) is 1.36. The van der Waals surface area contributed by atoms with E-state index < -0.39 is 6.10 Å². The number of morpholine rings is 1. The molecular weight excluding hydrogens is 254 g/mol. The highest BCUT2D eigenvalue weighted by Crippen LogP contribution is 2.23. The van der Waals surface area contributed by atoms with E-state index in [4.69, 9.17) is 10.00 Å². The predicted molar refractivity (Wildman–Crippen MR) is 65.4 cm³/mol. The highest BCUT2D eigenvalue weighted by Gasteiger charge is 2.22. The van der Waals surface area contributed by atoms with Crippen LogP contribution in [0.2, 0.25) is 0 Å². The predicted octanol–water partition coefficient (Wildman–Crippen LogP) is 0.587. The fourth-order valence-corrected chi connectivity index (χ4v) is 2.51. The normalized spacial score (nSPS) is 19.3. The third-order valence-electron chi connectivity index (χ3n) is 2.57. The number of nitriles is 1. The maximum atomic E-state index is 11.1. The third kappa shape index (κ3) is 2.97. The molecule has 0 N–H and O–H groups in total. The van der Waals surface area contributed by atoms with Crippen LogP contribution in [-0.2, 0) is 20.7 Å².